The summed E-state index contributed by atoms with van der Waals surface area (Å²) in [5, 5.41) is 12.2. The summed E-state index contributed by atoms with van der Waals surface area (Å²) in [5.41, 5.74) is -0.0151. The number of aliphatic hydroxyl groups is 1. The molecule has 1 aliphatic heterocycles. The van der Waals surface area contributed by atoms with Gasteiger partial charge in [0.2, 0.25) is 0 Å². The van der Waals surface area contributed by atoms with Gasteiger partial charge in [0.05, 0.1) is 6.61 Å². The Morgan fingerprint density at radius 3 is 2.67 bits per heavy atom. The van der Waals surface area contributed by atoms with Crippen molar-refractivity contribution in [2.75, 3.05) is 32.8 Å². The first-order chi connectivity index (χ1) is 9.94. The minimum Gasteiger partial charge on any atom is -0.395 e. The lowest BCUT2D eigenvalue weighted by Gasteiger charge is -2.43. The minimum atomic E-state index is -0.0234. The molecule has 5 heteroatoms. The molecule has 0 spiro atoms. The molecule has 2 rings (SSSR count). The predicted octanol–water partition coefficient (Wildman–Crippen LogP) is 1.66. The van der Waals surface area contributed by atoms with E-state index >= 15 is 0 Å². The van der Waals surface area contributed by atoms with E-state index in [4.69, 9.17) is 5.11 Å². The number of aliphatic hydroxyl groups excluding tert-OH is 1. The van der Waals surface area contributed by atoms with Gasteiger partial charge in [0.15, 0.2) is 0 Å². The van der Waals surface area contributed by atoms with Gasteiger partial charge in [0, 0.05) is 31.2 Å². The van der Waals surface area contributed by atoms with E-state index in [2.05, 4.69) is 31.0 Å². The van der Waals surface area contributed by atoms with Crippen LogP contribution in [0.4, 0.5) is 4.79 Å². The molecule has 0 aromatic carbocycles. The Kier molecular flexibility index (Phi) is 5.49. The summed E-state index contributed by atoms with van der Waals surface area (Å²) in [6, 6.07) is 0.319. The van der Waals surface area contributed by atoms with E-state index in [1.165, 1.54) is 12.8 Å². The lowest BCUT2D eigenvalue weighted by Crippen LogP contribution is -2.56. The zero-order valence-electron chi connectivity index (χ0n) is 13.8. The lowest BCUT2D eigenvalue weighted by atomic mass is 9.93. The molecule has 21 heavy (non-hydrogen) atoms. The van der Waals surface area contributed by atoms with E-state index < -0.39 is 0 Å². The van der Waals surface area contributed by atoms with Crippen molar-refractivity contribution in [2.45, 2.75) is 58.0 Å². The van der Waals surface area contributed by atoms with Gasteiger partial charge in [-0.15, -0.1) is 0 Å². The van der Waals surface area contributed by atoms with Crippen LogP contribution in [0.5, 0.6) is 0 Å². The first kappa shape index (κ1) is 16.6. The third-order valence-corrected chi connectivity index (χ3v) is 4.77. The number of likely N-dealkylation sites (tertiary alicyclic amines) is 1. The fourth-order valence-electron chi connectivity index (χ4n) is 3.19. The second kappa shape index (κ2) is 6.97. The molecule has 5 nitrogen and oxygen atoms in total. The summed E-state index contributed by atoms with van der Waals surface area (Å²) in [5.74, 6) is 0.742. The molecule has 2 fully saturated rings. The molecule has 122 valence electrons. The zero-order valence-corrected chi connectivity index (χ0v) is 13.8. The summed E-state index contributed by atoms with van der Waals surface area (Å²) >= 11 is 0. The van der Waals surface area contributed by atoms with Gasteiger partial charge in [0.25, 0.3) is 0 Å². The largest absolute Gasteiger partial charge is 0.395 e. The summed E-state index contributed by atoms with van der Waals surface area (Å²) < 4.78 is 0. The number of amides is 2. The van der Waals surface area contributed by atoms with Crippen LogP contribution in [0.1, 0.15) is 46.5 Å². The van der Waals surface area contributed by atoms with E-state index in [0.29, 0.717) is 19.1 Å². The standard InChI is InChI=1S/C16H31N3O2/c1-13-5-4-8-18(11-13)16(2,3)12-17-15(21)19(9-10-20)14-6-7-14/h13-14,20H,4-12H2,1-3H3,(H,17,21). The van der Waals surface area contributed by atoms with Gasteiger partial charge in [-0.2, -0.15) is 0 Å². The maximum atomic E-state index is 12.3. The van der Waals surface area contributed by atoms with Gasteiger partial charge >= 0.3 is 6.03 Å². The number of hydrogen-bond donors (Lipinski definition) is 2. The predicted molar refractivity (Wildman–Crippen MR) is 84.3 cm³/mol. The molecule has 2 aliphatic rings. The van der Waals surface area contributed by atoms with Crippen LogP contribution in [0, 0.1) is 5.92 Å². The smallest absolute Gasteiger partial charge is 0.317 e. The summed E-state index contributed by atoms with van der Waals surface area (Å²) in [6.45, 7) is 10.1. The Labute approximate surface area is 128 Å². The Morgan fingerprint density at radius 2 is 2.10 bits per heavy atom. The van der Waals surface area contributed by atoms with Crippen LogP contribution in [0.25, 0.3) is 0 Å². The van der Waals surface area contributed by atoms with Gasteiger partial charge in [0.1, 0.15) is 0 Å². The highest BCUT2D eigenvalue weighted by atomic mass is 16.3. The molecule has 2 N–H and O–H groups in total. The Hall–Kier alpha value is -0.810. The van der Waals surface area contributed by atoms with Crippen LogP contribution in [-0.4, -0.2) is 65.3 Å². The number of nitrogens with zero attached hydrogens (tertiary/aromatic N) is 2. The molecule has 1 heterocycles. The molecule has 2 amide bonds. The molecule has 1 unspecified atom stereocenters. The van der Waals surface area contributed by atoms with Gasteiger partial charge in [-0.25, -0.2) is 4.79 Å². The number of nitrogens with one attached hydrogen (secondary N) is 1. The number of rotatable bonds is 6. The van der Waals surface area contributed by atoms with E-state index in [-0.39, 0.29) is 18.2 Å². The Bertz CT molecular complexity index is 355. The van der Waals surface area contributed by atoms with Gasteiger partial charge < -0.3 is 15.3 Å². The van der Waals surface area contributed by atoms with Crippen molar-refractivity contribution in [3.8, 4) is 0 Å². The quantitative estimate of drug-likeness (QED) is 0.784. The molecule has 1 aliphatic carbocycles. The first-order valence-electron chi connectivity index (χ1n) is 8.34. The lowest BCUT2D eigenvalue weighted by molar-refractivity contribution is 0.0706. The topological polar surface area (TPSA) is 55.8 Å². The molecular formula is C16H31N3O2. The van der Waals surface area contributed by atoms with E-state index in [0.717, 1.165) is 31.8 Å². The summed E-state index contributed by atoms with van der Waals surface area (Å²) in [4.78, 5) is 16.6. The number of carbonyl (C=O) groups excluding carboxylic acids is 1. The van der Waals surface area contributed by atoms with Gasteiger partial charge in [-0.1, -0.05) is 6.92 Å². The highest BCUT2D eigenvalue weighted by molar-refractivity contribution is 5.75. The molecule has 1 saturated heterocycles. The highest BCUT2D eigenvalue weighted by Crippen LogP contribution is 2.27. The maximum Gasteiger partial charge on any atom is 0.317 e. The zero-order chi connectivity index (χ0) is 15.5. The normalized spacial score (nSPS) is 23.9. The second-order valence-corrected chi connectivity index (χ2v) is 7.31. The fourth-order valence-corrected chi connectivity index (χ4v) is 3.19. The van der Waals surface area contributed by atoms with Gasteiger partial charge in [-0.3, -0.25) is 4.90 Å². The van der Waals surface area contributed by atoms with Crippen molar-refractivity contribution in [1.29, 1.82) is 0 Å². The van der Waals surface area contributed by atoms with Crippen LogP contribution in [0.3, 0.4) is 0 Å². The Balaban J connectivity index is 1.83. The summed E-state index contributed by atoms with van der Waals surface area (Å²) in [7, 11) is 0. The van der Waals surface area contributed by atoms with Crippen molar-refractivity contribution >= 4 is 6.03 Å². The number of urea groups is 1. The molecule has 0 aromatic heterocycles. The maximum absolute atomic E-state index is 12.3. The fraction of sp³-hybridized carbons (Fsp3) is 0.938. The SMILES string of the molecule is CC1CCCN(C(C)(C)CNC(=O)N(CCO)C2CC2)C1. The van der Waals surface area contributed by atoms with E-state index in [1.54, 1.807) is 4.90 Å². The van der Waals surface area contributed by atoms with Crippen molar-refractivity contribution in [3.05, 3.63) is 0 Å². The molecule has 0 radical (unpaired) electrons. The van der Waals surface area contributed by atoms with Crippen LogP contribution in [-0.2, 0) is 0 Å². The first-order valence-corrected chi connectivity index (χ1v) is 8.34. The highest BCUT2D eigenvalue weighted by Gasteiger charge is 2.34. The minimum absolute atomic E-state index is 0.0151. The van der Waals surface area contributed by atoms with Crippen LogP contribution >= 0.6 is 0 Å². The molecule has 0 aromatic rings. The van der Waals surface area contributed by atoms with E-state index in [1.807, 2.05) is 0 Å². The van der Waals surface area contributed by atoms with Crippen LogP contribution in [0.2, 0.25) is 0 Å². The van der Waals surface area contributed by atoms with Crippen molar-refractivity contribution < 1.29 is 9.90 Å². The molecule has 1 saturated carbocycles. The van der Waals surface area contributed by atoms with Crippen molar-refractivity contribution in [2.24, 2.45) is 5.92 Å². The third kappa shape index (κ3) is 4.58. The van der Waals surface area contributed by atoms with Crippen molar-refractivity contribution in [1.82, 2.24) is 15.1 Å². The number of carbonyl (C=O) groups is 1. The van der Waals surface area contributed by atoms with E-state index in [9.17, 15) is 4.79 Å². The molecule has 0 bridgehead atoms. The third-order valence-electron chi connectivity index (χ3n) is 4.77. The number of hydrogen-bond acceptors (Lipinski definition) is 3. The molecular weight excluding hydrogens is 266 g/mol. The average molecular weight is 297 g/mol. The van der Waals surface area contributed by atoms with Crippen LogP contribution < -0.4 is 5.32 Å². The van der Waals surface area contributed by atoms with Crippen LogP contribution in [0.15, 0.2) is 0 Å². The van der Waals surface area contributed by atoms with Gasteiger partial charge in [-0.05, 0) is 52.0 Å². The Morgan fingerprint density at radius 1 is 1.38 bits per heavy atom. The monoisotopic (exact) mass is 297 g/mol. The second-order valence-electron chi connectivity index (χ2n) is 7.31. The summed E-state index contributed by atoms with van der Waals surface area (Å²) in [6.07, 6.45) is 4.70. The van der Waals surface area contributed by atoms with Crippen molar-refractivity contribution in [3.63, 3.8) is 0 Å². The average Bonchev–Trinajstić information content (AvgIpc) is 3.27. The number of piperidine rings is 1. The molecule has 1 atom stereocenters.